The van der Waals surface area contributed by atoms with E-state index in [0.717, 1.165) is 11.1 Å². The Morgan fingerprint density at radius 1 is 1.18 bits per heavy atom. The smallest absolute Gasteiger partial charge is 0.400 e. The molecule has 0 aliphatic rings. The molecule has 0 aliphatic carbocycles. The van der Waals surface area contributed by atoms with Crippen molar-refractivity contribution >= 4 is 17.2 Å². The van der Waals surface area contributed by atoms with Gasteiger partial charge in [0.15, 0.2) is 0 Å². The second-order valence-electron chi connectivity index (χ2n) is 8.05. The first-order valence-electron chi connectivity index (χ1n) is 10.9. The van der Waals surface area contributed by atoms with E-state index in [1.54, 1.807) is 48.5 Å². The van der Waals surface area contributed by atoms with Gasteiger partial charge in [-0.15, -0.1) is 0 Å². The Morgan fingerprint density at radius 2 is 1.82 bits per heavy atom. The molecule has 1 amide bonds. The maximum absolute atomic E-state index is 13.8. The van der Waals surface area contributed by atoms with E-state index in [0.29, 0.717) is 24.0 Å². The number of nitriles is 1. The van der Waals surface area contributed by atoms with E-state index in [-0.39, 0.29) is 13.0 Å². The third-order valence-electron chi connectivity index (χ3n) is 5.69. The summed E-state index contributed by atoms with van der Waals surface area (Å²) in [7, 11) is 0. The van der Waals surface area contributed by atoms with Crippen LogP contribution in [0.2, 0.25) is 0 Å². The molecule has 0 bridgehead atoms. The lowest BCUT2D eigenvalue weighted by Crippen LogP contribution is -2.49. The van der Waals surface area contributed by atoms with Crippen molar-refractivity contribution in [1.82, 2.24) is 10.0 Å². The topological polar surface area (TPSA) is 105 Å². The van der Waals surface area contributed by atoms with E-state index in [1.165, 1.54) is 6.92 Å². The Labute approximate surface area is 200 Å². The fraction of sp³-hybridized carbons (Fsp3) is 0.417. The van der Waals surface area contributed by atoms with Gasteiger partial charge in [0.05, 0.1) is 11.6 Å². The van der Waals surface area contributed by atoms with Crippen LogP contribution in [0.25, 0.3) is 11.1 Å². The number of amides is 1. The van der Waals surface area contributed by atoms with Gasteiger partial charge >= 0.3 is 6.18 Å². The number of unbranched alkanes of at least 4 members (excludes halogenated alkanes) is 1. The van der Waals surface area contributed by atoms with Crippen molar-refractivity contribution in [2.24, 2.45) is 11.8 Å². The van der Waals surface area contributed by atoms with Gasteiger partial charge in [-0.2, -0.15) is 18.4 Å². The number of nitrogens with one attached hydrogen (secondary N) is 2. The summed E-state index contributed by atoms with van der Waals surface area (Å²) in [6.45, 7) is 2.95. The highest BCUT2D eigenvalue weighted by Gasteiger charge is 2.49. The van der Waals surface area contributed by atoms with E-state index in [1.807, 2.05) is 6.92 Å². The Morgan fingerprint density at radius 3 is 2.38 bits per heavy atom. The first kappa shape index (κ1) is 27.5. The third-order valence-corrected chi connectivity index (χ3v) is 6.19. The highest BCUT2D eigenvalue weighted by molar-refractivity contribution is 7.77. The molecule has 34 heavy (non-hydrogen) atoms. The van der Waals surface area contributed by atoms with Crippen LogP contribution in [0.1, 0.15) is 44.2 Å². The first-order valence-corrected chi connectivity index (χ1v) is 11.9. The lowest BCUT2D eigenvalue weighted by Gasteiger charge is -2.32. The molecule has 2 N–H and O–H groups in total. The van der Waals surface area contributed by atoms with Crippen molar-refractivity contribution in [1.29, 1.82) is 5.26 Å². The van der Waals surface area contributed by atoms with Gasteiger partial charge in [0.1, 0.15) is 5.92 Å². The number of carbonyl (C=O) groups is 1. The number of rotatable bonds is 11. The van der Waals surface area contributed by atoms with Crippen molar-refractivity contribution in [2.75, 3.05) is 0 Å². The number of benzene rings is 2. The van der Waals surface area contributed by atoms with Gasteiger partial charge in [0.25, 0.3) is 0 Å². The zero-order chi connectivity index (χ0) is 25.3. The molecule has 2 aromatic carbocycles. The van der Waals surface area contributed by atoms with Gasteiger partial charge in [-0.05, 0) is 35.1 Å². The molecular formula is C24H27F3N3O3S-. The SMILES string of the molecule is CCCCC(NS(=O)[O-])C(C)C(C(=O)NCc1ccc(-c2ccccc2C#N)cc1)C(F)(F)F. The van der Waals surface area contributed by atoms with Gasteiger partial charge in [0, 0.05) is 23.9 Å². The van der Waals surface area contributed by atoms with Crippen LogP contribution >= 0.6 is 0 Å². The molecule has 0 saturated heterocycles. The minimum absolute atomic E-state index is 0.126. The number of hydrogen-bond donors (Lipinski definition) is 2. The molecule has 10 heteroatoms. The minimum atomic E-state index is -4.84. The van der Waals surface area contributed by atoms with Crippen LogP contribution in [0.3, 0.4) is 0 Å². The van der Waals surface area contributed by atoms with Crippen LogP contribution in [0.4, 0.5) is 13.2 Å². The monoisotopic (exact) mass is 494 g/mol. The van der Waals surface area contributed by atoms with Crippen molar-refractivity contribution in [3.63, 3.8) is 0 Å². The van der Waals surface area contributed by atoms with Crippen LogP contribution in [-0.4, -0.2) is 26.9 Å². The molecule has 0 saturated carbocycles. The van der Waals surface area contributed by atoms with Gasteiger partial charge in [0.2, 0.25) is 5.91 Å². The maximum Gasteiger partial charge on any atom is 0.400 e. The molecule has 6 nitrogen and oxygen atoms in total. The number of halogens is 3. The molecule has 4 atom stereocenters. The second kappa shape index (κ2) is 12.6. The lowest BCUT2D eigenvalue weighted by molar-refractivity contribution is -0.194. The molecule has 0 aliphatic heterocycles. The predicted molar refractivity (Wildman–Crippen MR) is 123 cm³/mol. The van der Waals surface area contributed by atoms with Crippen LogP contribution in [-0.2, 0) is 22.6 Å². The van der Waals surface area contributed by atoms with Crippen molar-refractivity contribution in [3.05, 3.63) is 59.7 Å². The van der Waals surface area contributed by atoms with Gasteiger partial charge in [-0.3, -0.25) is 9.00 Å². The van der Waals surface area contributed by atoms with E-state index in [4.69, 9.17) is 0 Å². The summed E-state index contributed by atoms with van der Waals surface area (Å²) in [5.41, 5.74) is 2.58. The van der Waals surface area contributed by atoms with Crippen molar-refractivity contribution < 1.29 is 26.7 Å². The first-order chi connectivity index (χ1) is 16.1. The van der Waals surface area contributed by atoms with E-state index >= 15 is 0 Å². The van der Waals surface area contributed by atoms with Gasteiger partial charge < -0.3 is 9.87 Å². The Bertz CT molecular complexity index is 1020. The fourth-order valence-corrected chi connectivity index (χ4v) is 4.41. The molecule has 0 radical (unpaired) electrons. The number of alkyl halides is 3. The average molecular weight is 495 g/mol. The summed E-state index contributed by atoms with van der Waals surface area (Å²) in [5, 5.41) is 11.6. The summed E-state index contributed by atoms with van der Waals surface area (Å²) >= 11 is -2.75. The molecule has 2 rings (SSSR count). The zero-order valence-corrected chi connectivity index (χ0v) is 19.7. The van der Waals surface area contributed by atoms with Gasteiger partial charge in [-0.25, -0.2) is 4.72 Å². The summed E-state index contributed by atoms with van der Waals surface area (Å²) in [6, 6.07) is 14.9. The minimum Gasteiger partial charge on any atom is -0.760 e. The standard InChI is InChI=1S/C24H28F3N3O3S/c1-3-4-9-21(30-34(32)33)16(2)22(24(25,26)27)23(31)29-15-17-10-12-18(13-11-17)20-8-6-5-7-19(20)14-28/h5-8,10-13,16,21-22,30H,3-4,9,15H2,1-2H3,(H,29,31)(H,32,33)/p-1. The molecule has 2 aromatic rings. The van der Waals surface area contributed by atoms with Crippen molar-refractivity contribution in [3.8, 4) is 17.2 Å². The van der Waals surface area contributed by atoms with Crippen LogP contribution in [0.15, 0.2) is 48.5 Å². The summed E-state index contributed by atoms with van der Waals surface area (Å²) in [4.78, 5) is 12.6. The molecule has 0 spiro atoms. The second-order valence-corrected chi connectivity index (χ2v) is 8.76. The Hall–Kier alpha value is -2.74. The van der Waals surface area contributed by atoms with Gasteiger partial charge in [-0.1, -0.05) is 69.2 Å². The number of carbonyl (C=O) groups excluding carboxylic acids is 1. The molecule has 0 fully saturated rings. The average Bonchev–Trinajstić information content (AvgIpc) is 2.79. The third kappa shape index (κ3) is 7.65. The number of hydrogen-bond acceptors (Lipinski definition) is 4. The fourth-order valence-electron chi connectivity index (χ4n) is 3.83. The van der Waals surface area contributed by atoms with Crippen LogP contribution in [0, 0.1) is 23.2 Å². The zero-order valence-electron chi connectivity index (χ0n) is 18.9. The molecule has 4 unspecified atom stereocenters. The highest BCUT2D eigenvalue weighted by Crippen LogP contribution is 2.35. The lowest BCUT2D eigenvalue weighted by atomic mass is 9.84. The predicted octanol–water partition coefficient (Wildman–Crippen LogP) is 4.60. The number of nitrogens with zero attached hydrogens (tertiary/aromatic N) is 1. The van der Waals surface area contributed by atoms with Crippen LogP contribution < -0.4 is 10.0 Å². The molecule has 0 heterocycles. The quantitative estimate of drug-likeness (QED) is 0.446. The Balaban J connectivity index is 2.14. The molecular weight excluding hydrogens is 467 g/mol. The van der Waals surface area contributed by atoms with E-state index in [2.05, 4.69) is 16.1 Å². The Kier molecular flexibility index (Phi) is 10.2. The largest absolute Gasteiger partial charge is 0.760 e. The summed E-state index contributed by atoms with van der Waals surface area (Å²) in [5.74, 6) is -4.87. The highest BCUT2D eigenvalue weighted by atomic mass is 32.2. The molecule has 184 valence electrons. The van der Waals surface area contributed by atoms with Crippen molar-refractivity contribution in [2.45, 2.75) is 51.9 Å². The maximum atomic E-state index is 13.8. The summed E-state index contributed by atoms with van der Waals surface area (Å²) < 4.78 is 65.7. The van der Waals surface area contributed by atoms with Crippen LogP contribution in [0.5, 0.6) is 0 Å². The van der Waals surface area contributed by atoms with E-state index in [9.17, 15) is 32.0 Å². The normalized spacial score (nSPS) is 15.1. The van der Waals surface area contributed by atoms with E-state index < -0.39 is 41.2 Å². The summed E-state index contributed by atoms with van der Waals surface area (Å²) in [6.07, 6.45) is -3.46. The molecule has 0 aromatic heterocycles.